The van der Waals surface area contributed by atoms with Crippen molar-refractivity contribution in [3.05, 3.63) is 29.3 Å². The van der Waals surface area contributed by atoms with E-state index in [0.717, 1.165) is 6.07 Å². The average molecular weight is 186 g/mol. The Morgan fingerprint density at radius 3 is 2.31 bits per heavy atom. The summed E-state index contributed by atoms with van der Waals surface area (Å²) in [6, 6.07) is 1.53. The van der Waals surface area contributed by atoms with Gasteiger partial charge in [-0.25, -0.2) is 8.78 Å². The molecule has 2 rings (SSSR count). The second-order valence-electron chi connectivity index (χ2n) is 3.32. The molecule has 0 amide bonds. The van der Waals surface area contributed by atoms with Crippen LogP contribution in [0.1, 0.15) is 18.4 Å². The van der Waals surface area contributed by atoms with E-state index in [9.17, 15) is 13.9 Å². The molecule has 0 bridgehead atoms. The second-order valence-corrected chi connectivity index (χ2v) is 3.32. The third-order valence-corrected chi connectivity index (χ3v) is 2.26. The van der Waals surface area contributed by atoms with Gasteiger partial charge in [-0.1, -0.05) is 0 Å². The van der Waals surface area contributed by atoms with Gasteiger partial charge in [-0.2, -0.15) is 0 Å². The van der Waals surface area contributed by atoms with Crippen LogP contribution in [-0.2, 0) is 5.60 Å². The van der Waals surface area contributed by atoms with E-state index in [2.05, 4.69) is 0 Å². The maximum absolute atomic E-state index is 13.1. The molecule has 1 aliphatic rings. The number of halogens is 2. The van der Waals surface area contributed by atoms with Crippen molar-refractivity contribution in [2.75, 3.05) is 0 Å². The van der Waals surface area contributed by atoms with Crippen molar-refractivity contribution in [2.24, 2.45) is 0 Å². The molecule has 1 fully saturated rings. The lowest BCUT2D eigenvalue weighted by atomic mass is 10.1. The number of phenols is 1. The van der Waals surface area contributed by atoms with Crippen molar-refractivity contribution in [1.29, 1.82) is 0 Å². The van der Waals surface area contributed by atoms with Gasteiger partial charge >= 0.3 is 0 Å². The van der Waals surface area contributed by atoms with E-state index in [-0.39, 0.29) is 5.56 Å². The minimum atomic E-state index is -1.21. The largest absolute Gasteiger partial charge is 0.505 e. The summed E-state index contributed by atoms with van der Waals surface area (Å²) in [5.41, 5.74) is -1.28. The van der Waals surface area contributed by atoms with Crippen LogP contribution in [0.25, 0.3) is 0 Å². The Hall–Kier alpha value is -1.16. The van der Waals surface area contributed by atoms with Crippen LogP contribution in [-0.4, -0.2) is 10.2 Å². The van der Waals surface area contributed by atoms with Gasteiger partial charge < -0.3 is 10.2 Å². The van der Waals surface area contributed by atoms with Gasteiger partial charge in [-0.15, -0.1) is 0 Å². The fourth-order valence-corrected chi connectivity index (χ4v) is 1.28. The lowest BCUT2D eigenvalue weighted by Crippen LogP contribution is -2.07. The molecule has 0 saturated heterocycles. The fourth-order valence-electron chi connectivity index (χ4n) is 1.28. The number of benzene rings is 1. The Balaban J connectivity index is 2.52. The Kier molecular flexibility index (Phi) is 1.57. The standard InChI is InChI=1S/C9H8F2O2/c10-6-4-8(12)7(11)3-5(6)9(13)1-2-9/h3-4,12-13H,1-2H2. The van der Waals surface area contributed by atoms with Crippen molar-refractivity contribution >= 4 is 0 Å². The number of hydrogen-bond donors (Lipinski definition) is 2. The average Bonchev–Trinajstić information content (AvgIpc) is 2.77. The van der Waals surface area contributed by atoms with Crippen LogP contribution in [0.4, 0.5) is 8.78 Å². The Bertz CT molecular complexity index is 359. The molecule has 2 nitrogen and oxygen atoms in total. The van der Waals surface area contributed by atoms with Gasteiger partial charge in [0, 0.05) is 11.6 Å². The summed E-state index contributed by atoms with van der Waals surface area (Å²) < 4.78 is 25.9. The second kappa shape index (κ2) is 2.42. The van der Waals surface area contributed by atoms with Gasteiger partial charge in [-0.3, -0.25) is 0 Å². The van der Waals surface area contributed by atoms with Crippen LogP contribution in [0.3, 0.4) is 0 Å². The lowest BCUT2D eigenvalue weighted by molar-refractivity contribution is 0.146. The van der Waals surface area contributed by atoms with E-state index in [1.807, 2.05) is 0 Å². The van der Waals surface area contributed by atoms with Gasteiger partial charge in [0.25, 0.3) is 0 Å². The van der Waals surface area contributed by atoms with Crippen LogP contribution < -0.4 is 0 Å². The van der Waals surface area contributed by atoms with Crippen LogP contribution in [0.2, 0.25) is 0 Å². The quantitative estimate of drug-likeness (QED) is 0.700. The molecule has 0 aromatic heterocycles. The highest BCUT2D eigenvalue weighted by Crippen LogP contribution is 2.46. The maximum atomic E-state index is 13.1. The molecule has 0 aliphatic heterocycles. The summed E-state index contributed by atoms with van der Waals surface area (Å²) in [7, 11) is 0. The van der Waals surface area contributed by atoms with Gasteiger partial charge in [-0.05, 0) is 18.9 Å². The van der Waals surface area contributed by atoms with E-state index >= 15 is 0 Å². The molecule has 0 radical (unpaired) electrons. The SMILES string of the molecule is Oc1cc(F)c(C2(O)CC2)cc1F. The highest BCUT2D eigenvalue weighted by Gasteiger charge is 2.44. The zero-order chi connectivity index (χ0) is 9.64. The van der Waals surface area contributed by atoms with Crippen molar-refractivity contribution in [1.82, 2.24) is 0 Å². The number of phenolic OH excluding ortho intramolecular Hbond substituents is 1. The number of rotatable bonds is 1. The van der Waals surface area contributed by atoms with E-state index < -0.39 is 23.0 Å². The van der Waals surface area contributed by atoms with Crippen LogP contribution >= 0.6 is 0 Å². The predicted octanol–water partition coefficient (Wildman–Crippen LogP) is 1.65. The first kappa shape index (κ1) is 8.44. The number of aliphatic hydroxyl groups is 1. The summed E-state index contributed by atoms with van der Waals surface area (Å²) in [6.45, 7) is 0. The number of aromatic hydroxyl groups is 1. The molecule has 0 spiro atoms. The van der Waals surface area contributed by atoms with E-state index in [1.165, 1.54) is 0 Å². The molecular weight excluding hydrogens is 178 g/mol. The zero-order valence-corrected chi connectivity index (χ0v) is 6.72. The van der Waals surface area contributed by atoms with Gasteiger partial charge in [0.2, 0.25) is 0 Å². The van der Waals surface area contributed by atoms with Crippen LogP contribution in [0.5, 0.6) is 5.75 Å². The minimum absolute atomic E-state index is 0.0669. The fraction of sp³-hybridized carbons (Fsp3) is 0.333. The first-order chi connectivity index (χ1) is 6.03. The molecular formula is C9H8F2O2. The molecule has 1 aromatic rings. The van der Waals surface area contributed by atoms with Crippen LogP contribution in [0, 0.1) is 11.6 Å². The summed E-state index contributed by atoms with van der Waals surface area (Å²) in [6.07, 6.45) is 0.877. The monoisotopic (exact) mass is 186 g/mol. The van der Waals surface area contributed by atoms with E-state index in [4.69, 9.17) is 5.11 Å². The van der Waals surface area contributed by atoms with Crippen molar-refractivity contribution in [3.8, 4) is 5.75 Å². The van der Waals surface area contributed by atoms with Crippen LogP contribution in [0.15, 0.2) is 12.1 Å². The lowest BCUT2D eigenvalue weighted by Gasteiger charge is -2.09. The smallest absolute Gasteiger partial charge is 0.165 e. The highest BCUT2D eigenvalue weighted by molar-refractivity contribution is 5.35. The zero-order valence-electron chi connectivity index (χ0n) is 6.72. The van der Waals surface area contributed by atoms with Gasteiger partial charge in [0.15, 0.2) is 11.6 Å². The normalized spacial score (nSPS) is 18.7. The van der Waals surface area contributed by atoms with Crippen molar-refractivity contribution in [3.63, 3.8) is 0 Å². The summed E-state index contributed by atoms with van der Waals surface area (Å²) in [5, 5.41) is 18.3. The first-order valence-electron chi connectivity index (χ1n) is 3.94. The molecule has 2 N–H and O–H groups in total. The van der Waals surface area contributed by atoms with E-state index in [0.29, 0.717) is 18.9 Å². The first-order valence-corrected chi connectivity index (χ1v) is 3.94. The Morgan fingerprint density at radius 2 is 1.77 bits per heavy atom. The molecule has 4 heteroatoms. The topological polar surface area (TPSA) is 40.5 Å². The third-order valence-electron chi connectivity index (χ3n) is 2.26. The minimum Gasteiger partial charge on any atom is -0.505 e. The Morgan fingerprint density at radius 1 is 1.15 bits per heavy atom. The highest BCUT2D eigenvalue weighted by atomic mass is 19.1. The summed E-state index contributed by atoms with van der Waals surface area (Å²) >= 11 is 0. The molecule has 0 heterocycles. The third kappa shape index (κ3) is 1.27. The van der Waals surface area contributed by atoms with Gasteiger partial charge in [0.05, 0.1) is 5.60 Å². The molecule has 0 atom stereocenters. The Labute approximate surface area is 73.4 Å². The molecule has 1 aliphatic carbocycles. The molecule has 0 unspecified atom stereocenters. The van der Waals surface area contributed by atoms with Gasteiger partial charge in [0.1, 0.15) is 5.82 Å². The molecule has 1 aromatic carbocycles. The predicted molar refractivity (Wildman–Crippen MR) is 41.2 cm³/mol. The molecule has 70 valence electrons. The molecule has 13 heavy (non-hydrogen) atoms. The van der Waals surface area contributed by atoms with Crippen molar-refractivity contribution in [2.45, 2.75) is 18.4 Å². The summed E-state index contributed by atoms with van der Waals surface area (Å²) in [4.78, 5) is 0. The van der Waals surface area contributed by atoms with E-state index in [1.54, 1.807) is 0 Å². The molecule has 1 saturated carbocycles. The van der Waals surface area contributed by atoms with Crippen molar-refractivity contribution < 1.29 is 19.0 Å². The number of hydrogen-bond acceptors (Lipinski definition) is 2. The maximum Gasteiger partial charge on any atom is 0.165 e. The summed E-state index contributed by atoms with van der Waals surface area (Å²) in [5.74, 6) is -2.40.